The number of nitrogens with one attached hydrogen (secondary N) is 1. The molecule has 0 spiro atoms. The molecule has 2 heterocycles. The highest BCUT2D eigenvalue weighted by Crippen LogP contribution is 2.13. The Hall–Kier alpha value is -2.10. The first-order valence-electron chi connectivity index (χ1n) is 6.14. The maximum atomic E-state index is 11.9. The maximum Gasteiger partial charge on any atom is 0.252 e. The molecule has 0 aromatic carbocycles. The second-order valence-electron chi connectivity index (χ2n) is 4.20. The zero-order valence-electron chi connectivity index (χ0n) is 11.1. The van der Waals surface area contributed by atoms with Crippen molar-refractivity contribution >= 4 is 17.2 Å². The van der Waals surface area contributed by atoms with Gasteiger partial charge in [0, 0.05) is 18.1 Å². The molecule has 2 aromatic heterocycles. The number of amides is 1. The fourth-order valence-corrected chi connectivity index (χ4v) is 2.38. The number of thiophene rings is 1. The van der Waals surface area contributed by atoms with Gasteiger partial charge in [0.2, 0.25) is 0 Å². The van der Waals surface area contributed by atoms with Crippen molar-refractivity contribution < 1.29 is 9.90 Å². The van der Waals surface area contributed by atoms with E-state index in [4.69, 9.17) is 5.11 Å². The van der Waals surface area contributed by atoms with Crippen molar-refractivity contribution in [3.05, 3.63) is 39.8 Å². The Balaban J connectivity index is 1.84. The molecular formula is C14H15N3O2S. The van der Waals surface area contributed by atoms with E-state index in [1.165, 1.54) is 11.3 Å². The van der Waals surface area contributed by atoms with Crippen LogP contribution in [0.15, 0.2) is 23.8 Å². The highest BCUT2D eigenvalue weighted by atomic mass is 32.1. The SMILES string of the molecule is Cc1cnn(CCNC(=O)c2csc(C#CCO)c2)c1. The summed E-state index contributed by atoms with van der Waals surface area (Å²) in [5.41, 5.74) is 1.69. The van der Waals surface area contributed by atoms with Crippen LogP contribution in [0.5, 0.6) is 0 Å². The summed E-state index contributed by atoms with van der Waals surface area (Å²) in [5, 5.41) is 17.4. The summed E-state index contributed by atoms with van der Waals surface area (Å²) in [6.07, 6.45) is 3.71. The standard InChI is InChI=1S/C14H15N3O2S/c1-11-8-16-17(9-11)5-4-15-14(19)12-7-13(20-10-12)3-2-6-18/h7-10,18H,4-6H2,1H3,(H,15,19). The second-order valence-corrected chi connectivity index (χ2v) is 5.11. The van der Waals surface area contributed by atoms with Gasteiger partial charge in [-0.25, -0.2) is 0 Å². The summed E-state index contributed by atoms with van der Waals surface area (Å²) in [6, 6.07) is 1.72. The van der Waals surface area contributed by atoms with Gasteiger partial charge in [-0.05, 0) is 18.6 Å². The number of hydrogen-bond donors (Lipinski definition) is 2. The molecule has 0 aliphatic carbocycles. The van der Waals surface area contributed by atoms with Gasteiger partial charge in [-0.1, -0.05) is 11.8 Å². The van der Waals surface area contributed by atoms with Crippen molar-refractivity contribution in [2.75, 3.05) is 13.2 Å². The van der Waals surface area contributed by atoms with Crippen molar-refractivity contribution in [2.24, 2.45) is 0 Å². The van der Waals surface area contributed by atoms with E-state index in [9.17, 15) is 4.79 Å². The number of aryl methyl sites for hydroxylation is 1. The van der Waals surface area contributed by atoms with Gasteiger partial charge in [-0.3, -0.25) is 9.48 Å². The third-order valence-electron chi connectivity index (χ3n) is 2.54. The first kappa shape index (κ1) is 14.3. The van der Waals surface area contributed by atoms with Crippen LogP contribution in [-0.2, 0) is 6.54 Å². The molecular weight excluding hydrogens is 274 g/mol. The number of aliphatic hydroxyl groups excluding tert-OH is 1. The predicted octanol–water partition coefficient (Wildman–Crippen LogP) is 1.03. The number of aromatic nitrogens is 2. The topological polar surface area (TPSA) is 67.2 Å². The van der Waals surface area contributed by atoms with Crippen molar-refractivity contribution in [1.29, 1.82) is 0 Å². The van der Waals surface area contributed by atoms with Crippen molar-refractivity contribution in [3.63, 3.8) is 0 Å². The molecule has 0 unspecified atom stereocenters. The third-order valence-corrected chi connectivity index (χ3v) is 3.39. The van der Waals surface area contributed by atoms with Crippen LogP contribution >= 0.6 is 11.3 Å². The fourth-order valence-electron chi connectivity index (χ4n) is 1.62. The summed E-state index contributed by atoms with van der Waals surface area (Å²) >= 11 is 1.39. The molecule has 104 valence electrons. The molecule has 0 bridgehead atoms. The van der Waals surface area contributed by atoms with Gasteiger partial charge in [0.15, 0.2) is 0 Å². The molecule has 5 nitrogen and oxygen atoms in total. The van der Waals surface area contributed by atoms with E-state index >= 15 is 0 Å². The van der Waals surface area contributed by atoms with E-state index < -0.39 is 0 Å². The van der Waals surface area contributed by atoms with E-state index in [2.05, 4.69) is 22.3 Å². The summed E-state index contributed by atoms with van der Waals surface area (Å²) < 4.78 is 1.79. The number of carbonyl (C=O) groups is 1. The molecule has 0 radical (unpaired) electrons. The molecule has 2 N–H and O–H groups in total. The number of hydrogen-bond acceptors (Lipinski definition) is 4. The minimum Gasteiger partial charge on any atom is -0.384 e. The molecule has 2 rings (SSSR count). The fraction of sp³-hybridized carbons (Fsp3) is 0.286. The number of rotatable bonds is 4. The van der Waals surface area contributed by atoms with Crippen molar-refractivity contribution in [1.82, 2.24) is 15.1 Å². The summed E-state index contributed by atoms with van der Waals surface area (Å²) in [4.78, 5) is 12.7. The maximum absolute atomic E-state index is 11.9. The van der Waals surface area contributed by atoms with Crippen LogP contribution in [-0.4, -0.2) is 33.9 Å². The number of aliphatic hydroxyl groups is 1. The van der Waals surface area contributed by atoms with Gasteiger partial charge in [0.1, 0.15) is 6.61 Å². The van der Waals surface area contributed by atoms with Crippen LogP contribution < -0.4 is 5.32 Å². The van der Waals surface area contributed by atoms with Crippen LogP contribution in [0.25, 0.3) is 0 Å². The Kier molecular flexibility index (Phi) is 4.93. The highest BCUT2D eigenvalue weighted by Gasteiger charge is 2.07. The minimum atomic E-state index is -0.178. The molecule has 20 heavy (non-hydrogen) atoms. The smallest absolute Gasteiger partial charge is 0.252 e. The van der Waals surface area contributed by atoms with E-state index in [-0.39, 0.29) is 12.5 Å². The van der Waals surface area contributed by atoms with E-state index in [0.29, 0.717) is 18.7 Å². The average molecular weight is 289 g/mol. The van der Waals surface area contributed by atoms with Gasteiger partial charge in [-0.2, -0.15) is 5.10 Å². The van der Waals surface area contributed by atoms with Gasteiger partial charge in [0.05, 0.1) is 23.2 Å². The van der Waals surface area contributed by atoms with E-state index in [1.807, 2.05) is 13.1 Å². The molecule has 0 fully saturated rings. The van der Waals surface area contributed by atoms with Crippen molar-refractivity contribution in [3.8, 4) is 11.8 Å². The molecule has 0 saturated heterocycles. The average Bonchev–Trinajstić information content (AvgIpc) is 3.05. The molecule has 6 heteroatoms. The second kappa shape index (κ2) is 6.89. The van der Waals surface area contributed by atoms with Crippen LogP contribution in [0.3, 0.4) is 0 Å². The quantitative estimate of drug-likeness (QED) is 0.826. The Morgan fingerprint density at radius 2 is 2.45 bits per heavy atom. The van der Waals surface area contributed by atoms with Crippen molar-refractivity contribution in [2.45, 2.75) is 13.5 Å². The van der Waals surface area contributed by atoms with Gasteiger partial charge in [-0.15, -0.1) is 11.3 Å². The van der Waals surface area contributed by atoms with Crippen LogP contribution in [0, 0.1) is 18.8 Å². The Labute approximate surface area is 121 Å². The highest BCUT2D eigenvalue weighted by molar-refractivity contribution is 7.10. The zero-order valence-corrected chi connectivity index (χ0v) is 11.9. The summed E-state index contributed by atoms with van der Waals surface area (Å²) in [5.74, 6) is 5.21. The van der Waals surface area contributed by atoms with Crippen LogP contribution in [0.2, 0.25) is 0 Å². The normalized spacial score (nSPS) is 9.90. The van der Waals surface area contributed by atoms with Gasteiger partial charge < -0.3 is 10.4 Å². The number of nitrogens with zero attached hydrogens (tertiary/aromatic N) is 2. The first-order chi connectivity index (χ1) is 9.69. The molecule has 0 atom stereocenters. The monoisotopic (exact) mass is 289 g/mol. The van der Waals surface area contributed by atoms with Crippen LogP contribution in [0.4, 0.5) is 0 Å². The van der Waals surface area contributed by atoms with Crippen LogP contribution in [0.1, 0.15) is 20.8 Å². The Bertz CT molecular complexity index is 649. The molecule has 0 aliphatic rings. The van der Waals surface area contributed by atoms with E-state index in [0.717, 1.165) is 10.4 Å². The zero-order chi connectivity index (χ0) is 14.4. The number of carbonyl (C=O) groups excluding carboxylic acids is 1. The lowest BCUT2D eigenvalue weighted by atomic mass is 10.3. The summed E-state index contributed by atoms with van der Waals surface area (Å²) in [7, 11) is 0. The minimum absolute atomic E-state index is 0.123. The molecule has 0 aliphatic heterocycles. The summed E-state index contributed by atoms with van der Waals surface area (Å²) in [6.45, 7) is 2.96. The lowest BCUT2D eigenvalue weighted by molar-refractivity contribution is 0.0952. The largest absolute Gasteiger partial charge is 0.384 e. The Morgan fingerprint density at radius 3 is 3.15 bits per heavy atom. The lowest BCUT2D eigenvalue weighted by Crippen LogP contribution is -2.26. The van der Waals surface area contributed by atoms with Gasteiger partial charge in [0.25, 0.3) is 5.91 Å². The molecule has 1 amide bonds. The van der Waals surface area contributed by atoms with Gasteiger partial charge >= 0.3 is 0 Å². The lowest BCUT2D eigenvalue weighted by Gasteiger charge is -2.03. The van der Waals surface area contributed by atoms with E-state index in [1.54, 1.807) is 22.3 Å². The molecule has 2 aromatic rings. The predicted molar refractivity (Wildman–Crippen MR) is 77.6 cm³/mol. The Morgan fingerprint density at radius 1 is 1.60 bits per heavy atom. The molecule has 0 saturated carbocycles. The first-order valence-corrected chi connectivity index (χ1v) is 7.02. The third kappa shape index (κ3) is 3.95.